The minimum atomic E-state index is -0.357. The number of rotatable bonds is 4. The van der Waals surface area contributed by atoms with E-state index in [0.717, 1.165) is 18.4 Å². The van der Waals surface area contributed by atoms with Crippen LogP contribution in [0, 0.1) is 12.7 Å². The Morgan fingerprint density at radius 3 is 2.88 bits per heavy atom. The van der Waals surface area contributed by atoms with Crippen molar-refractivity contribution in [3.63, 3.8) is 0 Å². The first kappa shape index (κ1) is 16.7. The van der Waals surface area contributed by atoms with Gasteiger partial charge in [-0.3, -0.25) is 4.79 Å². The van der Waals surface area contributed by atoms with Gasteiger partial charge in [0, 0.05) is 12.8 Å². The van der Waals surface area contributed by atoms with Crippen LogP contribution in [0.15, 0.2) is 41.1 Å². The third-order valence-corrected chi connectivity index (χ3v) is 4.62. The summed E-state index contributed by atoms with van der Waals surface area (Å²) in [5.74, 6) is -0.589. The molecule has 1 aliphatic rings. The molecule has 0 saturated carbocycles. The molecule has 3 heterocycles. The van der Waals surface area contributed by atoms with E-state index in [0.29, 0.717) is 29.0 Å². The van der Waals surface area contributed by atoms with Crippen molar-refractivity contribution in [1.29, 1.82) is 0 Å². The Balaban J connectivity index is 1.62. The summed E-state index contributed by atoms with van der Waals surface area (Å²) in [6.07, 6.45) is 3.09. The molecule has 0 bridgehead atoms. The molecule has 7 heteroatoms. The fourth-order valence-electron chi connectivity index (χ4n) is 3.22. The van der Waals surface area contributed by atoms with Crippen molar-refractivity contribution in [2.75, 3.05) is 6.61 Å². The van der Waals surface area contributed by atoms with Gasteiger partial charge in [-0.2, -0.15) is 0 Å². The number of hydrogen-bond donors (Lipinski definition) is 1. The predicted octanol–water partition coefficient (Wildman–Crippen LogP) is 3.32. The quantitative estimate of drug-likeness (QED) is 0.777. The Morgan fingerprint density at radius 1 is 1.35 bits per heavy atom. The van der Waals surface area contributed by atoms with Crippen LogP contribution < -0.4 is 5.32 Å². The standard InChI is InChI=1S/C19H18FN3O3/c1-11-15-9-13(10-21-19(15)26-23-11)18(24)22-17(16-3-2-8-25-16)12-4-6-14(20)7-5-12/h4-7,9-10,16-17H,2-3,8H2,1H3,(H,22,24)/t16-,17+/m1/s1. The number of ether oxygens (including phenoxy) is 1. The fourth-order valence-corrected chi connectivity index (χ4v) is 3.22. The summed E-state index contributed by atoms with van der Waals surface area (Å²) in [6.45, 7) is 2.45. The molecule has 1 saturated heterocycles. The molecule has 1 N–H and O–H groups in total. The van der Waals surface area contributed by atoms with Crippen molar-refractivity contribution in [3.05, 3.63) is 59.2 Å². The number of benzene rings is 1. The Labute approximate surface area is 149 Å². The highest BCUT2D eigenvalue weighted by Crippen LogP contribution is 2.28. The van der Waals surface area contributed by atoms with E-state index >= 15 is 0 Å². The molecule has 0 spiro atoms. The molecular weight excluding hydrogens is 337 g/mol. The number of amides is 1. The van der Waals surface area contributed by atoms with Crippen LogP contribution in [0.5, 0.6) is 0 Å². The summed E-state index contributed by atoms with van der Waals surface area (Å²) < 4.78 is 24.1. The number of fused-ring (bicyclic) bond motifs is 1. The van der Waals surface area contributed by atoms with E-state index in [9.17, 15) is 9.18 Å². The van der Waals surface area contributed by atoms with E-state index in [2.05, 4.69) is 15.5 Å². The summed E-state index contributed by atoms with van der Waals surface area (Å²) >= 11 is 0. The van der Waals surface area contributed by atoms with Crippen molar-refractivity contribution in [1.82, 2.24) is 15.5 Å². The largest absolute Gasteiger partial charge is 0.376 e. The SMILES string of the molecule is Cc1noc2ncc(C(=O)N[C@@H](c3ccc(F)cc3)[C@H]3CCCO3)cc12. The second-order valence-corrected chi connectivity index (χ2v) is 6.40. The van der Waals surface area contributed by atoms with Crippen LogP contribution in [0.3, 0.4) is 0 Å². The van der Waals surface area contributed by atoms with Crippen molar-refractivity contribution >= 4 is 17.0 Å². The average Bonchev–Trinajstić information content (AvgIpc) is 3.30. The summed E-state index contributed by atoms with van der Waals surface area (Å²) in [5.41, 5.74) is 2.29. The maximum atomic E-state index is 13.3. The number of nitrogens with zero attached hydrogens (tertiary/aromatic N) is 2. The smallest absolute Gasteiger partial charge is 0.257 e. The molecule has 1 fully saturated rings. The predicted molar refractivity (Wildman–Crippen MR) is 92.1 cm³/mol. The first-order valence-corrected chi connectivity index (χ1v) is 8.52. The van der Waals surface area contributed by atoms with Gasteiger partial charge in [-0.25, -0.2) is 9.37 Å². The lowest BCUT2D eigenvalue weighted by Crippen LogP contribution is -2.36. The lowest BCUT2D eigenvalue weighted by Gasteiger charge is -2.24. The highest BCUT2D eigenvalue weighted by Gasteiger charge is 2.29. The van der Waals surface area contributed by atoms with E-state index in [-0.39, 0.29) is 23.9 Å². The second kappa shape index (κ2) is 6.84. The van der Waals surface area contributed by atoms with Gasteiger partial charge in [-0.15, -0.1) is 0 Å². The molecule has 0 aliphatic carbocycles. The maximum Gasteiger partial charge on any atom is 0.257 e. The van der Waals surface area contributed by atoms with E-state index in [1.165, 1.54) is 18.3 Å². The van der Waals surface area contributed by atoms with Crippen LogP contribution in [-0.4, -0.2) is 28.8 Å². The molecule has 6 nitrogen and oxygen atoms in total. The number of carbonyl (C=O) groups is 1. The first-order valence-electron chi connectivity index (χ1n) is 8.52. The number of hydrogen-bond acceptors (Lipinski definition) is 5. The number of aryl methyl sites for hydroxylation is 1. The lowest BCUT2D eigenvalue weighted by atomic mass is 9.98. The number of nitrogens with one attached hydrogen (secondary N) is 1. The zero-order valence-electron chi connectivity index (χ0n) is 14.2. The molecule has 3 aromatic rings. The van der Waals surface area contributed by atoms with Gasteiger partial charge >= 0.3 is 0 Å². The topological polar surface area (TPSA) is 77.2 Å². The van der Waals surface area contributed by atoms with E-state index < -0.39 is 0 Å². The summed E-state index contributed by atoms with van der Waals surface area (Å²) in [6, 6.07) is 7.47. The Hall–Kier alpha value is -2.80. The average molecular weight is 355 g/mol. The van der Waals surface area contributed by atoms with Gasteiger partial charge < -0.3 is 14.6 Å². The monoisotopic (exact) mass is 355 g/mol. The highest BCUT2D eigenvalue weighted by atomic mass is 19.1. The summed E-state index contributed by atoms with van der Waals surface area (Å²) in [7, 11) is 0. The number of halogens is 1. The first-order chi connectivity index (χ1) is 12.6. The van der Waals surface area contributed by atoms with E-state index in [1.54, 1.807) is 25.1 Å². The molecule has 26 heavy (non-hydrogen) atoms. The van der Waals surface area contributed by atoms with E-state index in [4.69, 9.17) is 9.26 Å². The Morgan fingerprint density at radius 2 is 2.15 bits per heavy atom. The molecule has 1 aliphatic heterocycles. The number of carbonyl (C=O) groups excluding carboxylic acids is 1. The third kappa shape index (κ3) is 3.17. The van der Waals surface area contributed by atoms with Gasteiger partial charge in [0.15, 0.2) is 0 Å². The molecule has 2 atom stereocenters. The summed E-state index contributed by atoms with van der Waals surface area (Å²) in [5, 5.41) is 7.56. The van der Waals surface area contributed by atoms with Gasteiger partial charge in [-0.1, -0.05) is 17.3 Å². The summed E-state index contributed by atoms with van der Waals surface area (Å²) in [4.78, 5) is 16.9. The van der Waals surface area contributed by atoms with Crippen LogP contribution in [0.2, 0.25) is 0 Å². The van der Waals surface area contributed by atoms with Gasteiger partial charge in [-0.05, 0) is 43.5 Å². The van der Waals surface area contributed by atoms with Crippen molar-refractivity contribution in [2.45, 2.75) is 31.9 Å². The maximum absolute atomic E-state index is 13.3. The lowest BCUT2D eigenvalue weighted by molar-refractivity contribution is 0.0672. The van der Waals surface area contributed by atoms with Crippen LogP contribution in [0.4, 0.5) is 4.39 Å². The zero-order valence-corrected chi connectivity index (χ0v) is 14.2. The molecule has 1 aromatic carbocycles. The minimum Gasteiger partial charge on any atom is -0.376 e. The molecule has 0 unspecified atom stereocenters. The van der Waals surface area contributed by atoms with Crippen LogP contribution in [0.1, 0.15) is 40.5 Å². The van der Waals surface area contributed by atoms with Gasteiger partial charge in [0.1, 0.15) is 5.82 Å². The van der Waals surface area contributed by atoms with Crippen molar-refractivity contribution in [3.8, 4) is 0 Å². The fraction of sp³-hybridized carbons (Fsp3) is 0.316. The number of aromatic nitrogens is 2. The molecule has 134 valence electrons. The third-order valence-electron chi connectivity index (χ3n) is 4.62. The molecular formula is C19H18FN3O3. The van der Waals surface area contributed by atoms with Crippen LogP contribution in [-0.2, 0) is 4.74 Å². The van der Waals surface area contributed by atoms with Crippen LogP contribution in [0.25, 0.3) is 11.1 Å². The molecule has 2 aromatic heterocycles. The highest BCUT2D eigenvalue weighted by molar-refractivity contribution is 5.97. The van der Waals surface area contributed by atoms with Gasteiger partial charge in [0.05, 0.1) is 28.8 Å². The van der Waals surface area contributed by atoms with E-state index in [1.807, 2.05) is 0 Å². The zero-order chi connectivity index (χ0) is 18.1. The minimum absolute atomic E-state index is 0.140. The van der Waals surface area contributed by atoms with Crippen LogP contribution >= 0.6 is 0 Å². The van der Waals surface area contributed by atoms with Gasteiger partial charge in [0.25, 0.3) is 11.6 Å². The molecule has 4 rings (SSSR count). The number of pyridine rings is 1. The van der Waals surface area contributed by atoms with Crippen molar-refractivity contribution in [2.24, 2.45) is 0 Å². The Kier molecular flexibility index (Phi) is 4.38. The normalized spacial score (nSPS) is 18.2. The molecule has 1 amide bonds. The van der Waals surface area contributed by atoms with Crippen molar-refractivity contribution < 1.29 is 18.4 Å². The Bertz CT molecular complexity index is 933. The van der Waals surface area contributed by atoms with Gasteiger partial charge in [0.2, 0.25) is 0 Å². The second-order valence-electron chi connectivity index (χ2n) is 6.40. The molecule has 0 radical (unpaired) electrons.